The van der Waals surface area contributed by atoms with Crippen LogP contribution in [-0.2, 0) is 19.1 Å². The van der Waals surface area contributed by atoms with Crippen LogP contribution in [0.15, 0.2) is 11.7 Å². The third-order valence-corrected chi connectivity index (χ3v) is 2.77. The minimum Gasteiger partial charge on any atom is -0.465 e. The minimum atomic E-state index is -1.56. The second-order valence-electron chi connectivity index (χ2n) is 3.17. The van der Waals surface area contributed by atoms with Gasteiger partial charge in [-0.05, 0) is 13.8 Å². The molecule has 0 saturated heterocycles. The zero-order chi connectivity index (χ0) is 13.5. The number of aromatic nitrogens is 1. The fourth-order valence-electron chi connectivity index (χ4n) is 1.24. The number of thiazole rings is 1. The highest BCUT2D eigenvalue weighted by Gasteiger charge is 2.38. The number of carbonyl (C=O) groups excluding carboxylic acids is 3. The third kappa shape index (κ3) is 3.36. The maximum absolute atomic E-state index is 12.0. The molecule has 6 nitrogen and oxygen atoms in total. The van der Waals surface area contributed by atoms with Crippen LogP contribution in [0.1, 0.15) is 23.5 Å². The first-order valence-electron chi connectivity index (χ1n) is 5.37. The van der Waals surface area contributed by atoms with Crippen LogP contribution < -0.4 is 0 Å². The molecule has 0 saturated carbocycles. The standard InChI is InChI=1S/C11H13NO5S/c1-3-16-10(14)8(11(15)17-4-2)9(13)7-5-12-6-18-7/h5-6,8H,3-4H2,1-2H3. The van der Waals surface area contributed by atoms with Gasteiger partial charge in [0.2, 0.25) is 5.92 Å². The molecular weight excluding hydrogens is 258 g/mol. The molecule has 0 aliphatic rings. The van der Waals surface area contributed by atoms with Crippen LogP contribution in [-0.4, -0.2) is 35.9 Å². The highest BCUT2D eigenvalue weighted by Crippen LogP contribution is 2.16. The molecule has 0 bridgehead atoms. The van der Waals surface area contributed by atoms with Gasteiger partial charge in [-0.25, -0.2) is 0 Å². The Hall–Kier alpha value is -1.76. The average Bonchev–Trinajstić information content (AvgIpc) is 2.83. The Morgan fingerprint density at radius 1 is 1.22 bits per heavy atom. The summed E-state index contributed by atoms with van der Waals surface area (Å²) in [6, 6.07) is 0. The molecule has 0 aromatic carbocycles. The van der Waals surface area contributed by atoms with Crippen LogP contribution in [0.5, 0.6) is 0 Å². The summed E-state index contributed by atoms with van der Waals surface area (Å²) >= 11 is 1.05. The van der Waals surface area contributed by atoms with Crippen molar-refractivity contribution >= 4 is 29.1 Å². The SMILES string of the molecule is CCOC(=O)C(C(=O)OCC)C(=O)c1cncs1. The van der Waals surface area contributed by atoms with Gasteiger partial charge in [0.1, 0.15) is 0 Å². The van der Waals surface area contributed by atoms with Gasteiger partial charge in [-0.3, -0.25) is 19.4 Å². The maximum atomic E-state index is 12.0. The number of hydrogen-bond acceptors (Lipinski definition) is 7. The van der Waals surface area contributed by atoms with Gasteiger partial charge >= 0.3 is 11.9 Å². The number of ether oxygens (including phenoxy) is 2. The summed E-state index contributed by atoms with van der Waals surface area (Å²) in [5, 5.41) is 0. The van der Waals surface area contributed by atoms with Crippen LogP contribution in [0, 0.1) is 5.92 Å². The lowest BCUT2D eigenvalue weighted by Gasteiger charge is -2.12. The Morgan fingerprint density at radius 3 is 2.17 bits per heavy atom. The second kappa shape index (κ2) is 6.85. The van der Waals surface area contributed by atoms with Gasteiger partial charge in [-0.2, -0.15) is 0 Å². The largest absolute Gasteiger partial charge is 0.465 e. The van der Waals surface area contributed by atoms with E-state index in [1.165, 1.54) is 11.7 Å². The molecule has 1 heterocycles. The van der Waals surface area contributed by atoms with Gasteiger partial charge in [-0.1, -0.05) is 0 Å². The van der Waals surface area contributed by atoms with E-state index in [4.69, 9.17) is 9.47 Å². The van der Waals surface area contributed by atoms with Crippen molar-refractivity contribution in [1.82, 2.24) is 4.98 Å². The Balaban J connectivity index is 2.93. The van der Waals surface area contributed by atoms with E-state index in [1.807, 2.05) is 0 Å². The number of ketones is 1. The van der Waals surface area contributed by atoms with E-state index in [9.17, 15) is 14.4 Å². The van der Waals surface area contributed by atoms with Crippen molar-refractivity contribution in [2.75, 3.05) is 13.2 Å². The molecule has 0 radical (unpaired) electrons. The van der Waals surface area contributed by atoms with Crippen molar-refractivity contribution in [2.24, 2.45) is 5.92 Å². The molecule has 0 unspecified atom stereocenters. The van der Waals surface area contributed by atoms with Gasteiger partial charge < -0.3 is 9.47 Å². The van der Waals surface area contributed by atoms with Crippen LogP contribution in [0.4, 0.5) is 0 Å². The molecular formula is C11H13NO5S. The maximum Gasteiger partial charge on any atom is 0.328 e. The number of hydrogen-bond donors (Lipinski definition) is 0. The monoisotopic (exact) mass is 271 g/mol. The van der Waals surface area contributed by atoms with E-state index in [0.29, 0.717) is 0 Å². The lowest BCUT2D eigenvalue weighted by Crippen LogP contribution is -2.34. The first-order valence-corrected chi connectivity index (χ1v) is 6.25. The van der Waals surface area contributed by atoms with E-state index in [1.54, 1.807) is 13.8 Å². The van der Waals surface area contributed by atoms with E-state index in [0.717, 1.165) is 11.3 Å². The number of rotatable bonds is 6. The Labute approximate surface area is 108 Å². The predicted octanol–water partition coefficient (Wildman–Crippen LogP) is 1.07. The van der Waals surface area contributed by atoms with Crippen LogP contribution in [0.3, 0.4) is 0 Å². The fourth-order valence-corrected chi connectivity index (χ4v) is 1.83. The zero-order valence-corrected chi connectivity index (χ0v) is 10.9. The van der Waals surface area contributed by atoms with Crippen molar-refractivity contribution in [3.8, 4) is 0 Å². The summed E-state index contributed by atoms with van der Waals surface area (Å²) in [5.41, 5.74) is 1.45. The molecule has 0 atom stereocenters. The van der Waals surface area contributed by atoms with Crippen molar-refractivity contribution in [1.29, 1.82) is 0 Å². The van der Waals surface area contributed by atoms with Crippen molar-refractivity contribution in [2.45, 2.75) is 13.8 Å². The lowest BCUT2D eigenvalue weighted by atomic mass is 10.0. The Bertz CT molecular complexity index is 411. The highest BCUT2D eigenvalue weighted by molar-refractivity contribution is 7.11. The Morgan fingerprint density at radius 2 is 1.78 bits per heavy atom. The minimum absolute atomic E-state index is 0.0880. The molecule has 98 valence electrons. The molecule has 0 aliphatic heterocycles. The van der Waals surface area contributed by atoms with Crippen molar-refractivity contribution in [3.05, 3.63) is 16.6 Å². The summed E-state index contributed by atoms with van der Waals surface area (Å²) in [6.07, 6.45) is 1.30. The average molecular weight is 271 g/mol. The molecule has 1 aromatic rings. The predicted molar refractivity (Wildman–Crippen MR) is 63.2 cm³/mol. The normalized spacial score (nSPS) is 10.2. The topological polar surface area (TPSA) is 82.6 Å². The molecule has 1 aromatic heterocycles. The molecule has 0 spiro atoms. The molecule has 0 N–H and O–H groups in total. The zero-order valence-electron chi connectivity index (χ0n) is 10.0. The van der Waals surface area contributed by atoms with Gasteiger partial charge in [0, 0.05) is 6.20 Å². The summed E-state index contributed by atoms with van der Waals surface area (Å²) in [6.45, 7) is 3.37. The first-order chi connectivity index (χ1) is 8.61. The molecule has 0 amide bonds. The molecule has 0 fully saturated rings. The smallest absolute Gasteiger partial charge is 0.328 e. The first kappa shape index (κ1) is 14.3. The number of esters is 2. The highest BCUT2D eigenvalue weighted by atomic mass is 32.1. The van der Waals surface area contributed by atoms with Gasteiger partial charge in [0.15, 0.2) is 5.78 Å². The fraction of sp³-hybridized carbons (Fsp3) is 0.455. The van der Waals surface area contributed by atoms with Crippen LogP contribution in [0.25, 0.3) is 0 Å². The number of Topliss-reactive ketones (excluding diaryl/α,β-unsaturated/α-hetero) is 1. The molecule has 7 heteroatoms. The Kier molecular flexibility index (Phi) is 5.44. The van der Waals surface area contributed by atoms with E-state index < -0.39 is 23.6 Å². The number of nitrogens with zero attached hydrogens (tertiary/aromatic N) is 1. The van der Waals surface area contributed by atoms with Crippen LogP contribution in [0.2, 0.25) is 0 Å². The van der Waals surface area contributed by atoms with Gasteiger partial charge in [0.05, 0.1) is 23.6 Å². The molecule has 18 heavy (non-hydrogen) atoms. The summed E-state index contributed by atoms with van der Waals surface area (Å²) in [5.74, 6) is -4.00. The van der Waals surface area contributed by atoms with Gasteiger partial charge in [-0.15, -0.1) is 11.3 Å². The number of carbonyl (C=O) groups is 3. The van der Waals surface area contributed by atoms with E-state index in [2.05, 4.69) is 4.98 Å². The van der Waals surface area contributed by atoms with Crippen molar-refractivity contribution in [3.63, 3.8) is 0 Å². The quantitative estimate of drug-likeness (QED) is 0.437. The van der Waals surface area contributed by atoms with Crippen molar-refractivity contribution < 1.29 is 23.9 Å². The van der Waals surface area contributed by atoms with Crippen LogP contribution >= 0.6 is 11.3 Å². The summed E-state index contributed by atoms with van der Waals surface area (Å²) in [7, 11) is 0. The second-order valence-corrected chi connectivity index (χ2v) is 4.05. The third-order valence-electron chi connectivity index (χ3n) is 1.98. The van der Waals surface area contributed by atoms with E-state index >= 15 is 0 Å². The molecule has 1 rings (SSSR count). The summed E-state index contributed by atoms with van der Waals surface area (Å²) in [4.78, 5) is 39.2. The van der Waals surface area contributed by atoms with E-state index in [-0.39, 0.29) is 18.1 Å². The van der Waals surface area contributed by atoms with Gasteiger partial charge in [0.25, 0.3) is 0 Å². The lowest BCUT2D eigenvalue weighted by molar-refractivity contribution is -0.158. The summed E-state index contributed by atoms with van der Waals surface area (Å²) < 4.78 is 9.43. The molecule has 0 aliphatic carbocycles.